The van der Waals surface area contributed by atoms with E-state index < -0.39 is 6.10 Å². The number of hydrogen-bond acceptors (Lipinski definition) is 5. The van der Waals surface area contributed by atoms with Crippen molar-refractivity contribution < 1.29 is 24.2 Å². The highest BCUT2D eigenvalue weighted by atomic mass is 16.5. The number of carbonyl (C=O) groups excluding carboxylic acids is 3. The summed E-state index contributed by atoms with van der Waals surface area (Å²) >= 11 is 0. The maximum Gasteiger partial charge on any atom is 0.321 e. The first kappa shape index (κ1) is 28.8. The van der Waals surface area contributed by atoms with E-state index in [2.05, 4.69) is 16.0 Å². The zero-order chi connectivity index (χ0) is 27.8. The molecule has 0 fully saturated rings. The minimum Gasteiger partial charge on any atom is -0.488 e. The van der Waals surface area contributed by atoms with Crippen LogP contribution in [0.4, 0.5) is 21.0 Å². The van der Waals surface area contributed by atoms with Crippen LogP contribution in [0.25, 0.3) is 0 Å². The van der Waals surface area contributed by atoms with Gasteiger partial charge in [-0.1, -0.05) is 25.1 Å². The van der Waals surface area contributed by atoms with Crippen molar-refractivity contribution in [1.82, 2.24) is 15.1 Å². The van der Waals surface area contributed by atoms with Crippen molar-refractivity contribution in [3.8, 4) is 5.75 Å². The molecule has 0 saturated carbocycles. The van der Waals surface area contributed by atoms with Crippen LogP contribution in [0.15, 0.2) is 48.5 Å². The average Bonchev–Trinajstić information content (AvgIpc) is 2.91. The van der Waals surface area contributed by atoms with E-state index in [1.54, 1.807) is 42.0 Å². The molecule has 38 heavy (non-hydrogen) atoms. The summed E-state index contributed by atoms with van der Waals surface area (Å²) in [5.74, 6) is 0.212. The monoisotopic (exact) mass is 525 g/mol. The summed E-state index contributed by atoms with van der Waals surface area (Å²) in [6, 6.07) is 13.4. The summed E-state index contributed by atoms with van der Waals surface area (Å²) in [6.45, 7) is 7.95. The lowest BCUT2D eigenvalue weighted by Crippen LogP contribution is -2.48. The van der Waals surface area contributed by atoms with Gasteiger partial charge in [-0.2, -0.15) is 0 Å². The Kier molecular flexibility index (Phi) is 9.95. The minimum atomic E-state index is -0.442. The second-order valence-electron chi connectivity index (χ2n) is 10.1. The van der Waals surface area contributed by atoms with Gasteiger partial charge in [0, 0.05) is 42.5 Å². The molecule has 10 nitrogen and oxygen atoms in total. The molecule has 1 heterocycles. The van der Waals surface area contributed by atoms with Crippen molar-refractivity contribution in [2.75, 3.05) is 37.4 Å². The molecule has 4 N–H and O–H groups in total. The highest BCUT2D eigenvalue weighted by Crippen LogP contribution is 2.29. The predicted molar refractivity (Wildman–Crippen MR) is 147 cm³/mol. The van der Waals surface area contributed by atoms with Gasteiger partial charge < -0.3 is 35.6 Å². The number of urea groups is 2. The lowest BCUT2D eigenvalue weighted by atomic mass is 10.0. The molecule has 5 amide bonds. The third kappa shape index (κ3) is 7.85. The van der Waals surface area contributed by atoms with Crippen LogP contribution in [0.5, 0.6) is 5.75 Å². The normalized spacial score (nSPS) is 18.3. The fourth-order valence-corrected chi connectivity index (χ4v) is 4.25. The molecule has 0 aliphatic carbocycles. The first-order chi connectivity index (χ1) is 18.1. The molecule has 0 radical (unpaired) electrons. The summed E-state index contributed by atoms with van der Waals surface area (Å²) in [6.07, 6.45) is -0.396. The van der Waals surface area contributed by atoms with Gasteiger partial charge in [-0.15, -0.1) is 0 Å². The van der Waals surface area contributed by atoms with Crippen molar-refractivity contribution in [3.05, 3.63) is 54.1 Å². The van der Waals surface area contributed by atoms with E-state index in [9.17, 15) is 19.5 Å². The van der Waals surface area contributed by atoms with Gasteiger partial charge in [0.25, 0.3) is 0 Å². The summed E-state index contributed by atoms with van der Waals surface area (Å²) in [5, 5.41) is 18.3. The van der Waals surface area contributed by atoms with Crippen LogP contribution in [0.2, 0.25) is 0 Å². The number of hydrogen-bond donors (Lipinski definition) is 4. The fraction of sp³-hybridized carbons (Fsp3) is 0.464. The van der Waals surface area contributed by atoms with Crippen molar-refractivity contribution in [2.45, 2.75) is 52.3 Å². The molecular formula is C28H39N5O5. The van der Waals surface area contributed by atoms with E-state index in [1.807, 2.05) is 51.1 Å². The summed E-state index contributed by atoms with van der Waals surface area (Å²) in [4.78, 5) is 41.6. The van der Waals surface area contributed by atoms with Gasteiger partial charge in [0.05, 0.1) is 25.6 Å². The quantitative estimate of drug-likeness (QED) is 0.440. The molecule has 0 spiro atoms. The zero-order valence-corrected chi connectivity index (χ0v) is 22.7. The second-order valence-corrected chi connectivity index (χ2v) is 10.1. The highest BCUT2D eigenvalue weighted by molar-refractivity contribution is 5.90. The van der Waals surface area contributed by atoms with E-state index in [0.717, 1.165) is 0 Å². The molecule has 0 unspecified atom stereocenters. The SMILES string of the molecule is CC(C)NC(=O)Nc1ccc2c(c1)CC(=O)N([C@H](C)CO)C[C@H](C)[C@@H](CN(C)C(=O)Nc1ccccc1)O2. The van der Waals surface area contributed by atoms with Gasteiger partial charge in [0.2, 0.25) is 5.91 Å². The lowest BCUT2D eigenvalue weighted by molar-refractivity contribution is -0.134. The van der Waals surface area contributed by atoms with Crippen LogP contribution in [-0.4, -0.2) is 77.8 Å². The van der Waals surface area contributed by atoms with Crippen LogP contribution in [0.1, 0.15) is 33.3 Å². The number of para-hydroxylation sites is 1. The summed E-state index contributed by atoms with van der Waals surface area (Å²) in [7, 11) is 1.70. The van der Waals surface area contributed by atoms with Gasteiger partial charge in [0.15, 0.2) is 0 Å². The molecule has 0 bridgehead atoms. The number of fused-ring (bicyclic) bond motifs is 1. The molecule has 1 aliphatic heterocycles. The van der Waals surface area contributed by atoms with Gasteiger partial charge in [-0.25, -0.2) is 9.59 Å². The first-order valence-electron chi connectivity index (χ1n) is 12.9. The Balaban J connectivity index is 1.87. The number of ether oxygens (including phenoxy) is 1. The minimum absolute atomic E-state index is 0.0281. The van der Waals surface area contributed by atoms with Crippen molar-refractivity contribution in [2.24, 2.45) is 5.92 Å². The average molecular weight is 526 g/mol. The molecule has 3 rings (SSSR count). The third-order valence-electron chi connectivity index (χ3n) is 6.42. The molecule has 3 atom stereocenters. The number of carbonyl (C=O) groups is 3. The van der Waals surface area contributed by atoms with Crippen molar-refractivity contribution in [1.29, 1.82) is 0 Å². The number of benzene rings is 2. The largest absolute Gasteiger partial charge is 0.488 e. The molecule has 206 valence electrons. The van der Waals surface area contributed by atoms with Gasteiger partial charge in [-0.05, 0) is 51.1 Å². The molecule has 0 aromatic heterocycles. The van der Waals surface area contributed by atoms with Crippen LogP contribution >= 0.6 is 0 Å². The Hall–Kier alpha value is -3.79. The first-order valence-corrected chi connectivity index (χ1v) is 12.9. The number of likely N-dealkylation sites (N-methyl/N-ethyl adjacent to an activating group) is 1. The van der Waals surface area contributed by atoms with Crippen LogP contribution in [0.3, 0.4) is 0 Å². The summed E-state index contributed by atoms with van der Waals surface area (Å²) in [5.41, 5.74) is 1.83. The number of nitrogens with zero attached hydrogens (tertiary/aromatic N) is 2. The molecule has 10 heteroatoms. The number of rotatable bonds is 7. The van der Waals surface area contributed by atoms with Crippen molar-refractivity contribution in [3.63, 3.8) is 0 Å². The maximum atomic E-state index is 13.3. The number of aliphatic hydroxyl groups is 1. The number of aliphatic hydroxyl groups excluding tert-OH is 1. The van der Waals surface area contributed by atoms with Crippen LogP contribution in [0, 0.1) is 5.92 Å². The number of nitrogens with one attached hydrogen (secondary N) is 3. The zero-order valence-electron chi connectivity index (χ0n) is 22.7. The smallest absolute Gasteiger partial charge is 0.321 e. The van der Waals surface area contributed by atoms with E-state index in [4.69, 9.17) is 4.74 Å². The molecule has 0 saturated heterocycles. The summed E-state index contributed by atoms with van der Waals surface area (Å²) < 4.78 is 6.44. The Morgan fingerprint density at radius 1 is 1.11 bits per heavy atom. The maximum absolute atomic E-state index is 13.3. The Morgan fingerprint density at radius 3 is 2.47 bits per heavy atom. The lowest BCUT2D eigenvalue weighted by Gasteiger charge is -2.34. The third-order valence-corrected chi connectivity index (χ3v) is 6.42. The Labute approximate surface area is 224 Å². The van der Waals surface area contributed by atoms with Gasteiger partial charge in [-0.3, -0.25) is 4.79 Å². The predicted octanol–water partition coefficient (Wildman–Crippen LogP) is 3.53. The Morgan fingerprint density at radius 2 is 1.82 bits per heavy atom. The molecule has 1 aliphatic rings. The van der Waals surface area contributed by atoms with Gasteiger partial charge >= 0.3 is 12.1 Å². The van der Waals surface area contributed by atoms with Crippen LogP contribution < -0.4 is 20.7 Å². The number of anilines is 2. The fourth-order valence-electron chi connectivity index (χ4n) is 4.25. The van der Waals surface area contributed by atoms with E-state index >= 15 is 0 Å². The second kappa shape index (κ2) is 13.1. The van der Waals surface area contributed by atoms with Crippen molar-refractivity contribution >= 4 is 29.3 Å². The molecule has 2 aromatic rings. The number of amides is 5. The topological polar surface area (TPSA) is 123 Å². The molecule has 2 aromatic carbocycles. The highest BCUT2D eigenvalue weighted by Gasteiger charge is 2.32. The standard InChI is InChI=1S/C28H39N5O5/c1-18(2)29-27(36)30-23-11-12-24-21(13-23)14-26(35)33(20(4)17-34)15-19(3)25(38-24)16-32(5)28(37)31-22-9-7-6-8-10-22/h6-13,18-20,25,34H,14-17H2,1-5H3,(H,31,37)(H2,29,30,36)/t19-,20+,25+/m0/s1. The van der Waals surface area contributed by atoms with E-state index in [1.165, 1.54) is 0 Å². The van der Waals surface area contributed by atoms with E-state index in [0.29, 0.717) is 29.2 Å². The molecular weight excluding hydrogens is 486 g/mol. The van der Waals surface area contributed by atoms with Gasteiger partial charge in [0.1, 0.15) is 11.9 Å². The van der Waals surface area contributed by atoms with E-state index in [-0.39, 0.29) is 55.5 Å². The Bertz CT molecular complexity index is 1110. The van der Waals surface area contributed by atoms with Crippen LogP contribution in [-0.2, 0) is 11.2 Å².